The van der Waals surface area contributed by atoms with Crippen molar-refractivity contribution in [1.82, 2.24) is 10.2 Å². The topological polar surface area (TPSA) is 61.4 Å². The summed E-state index contributed by atoms with van der Waals surface area (Å²) < 4.78 is 0. The SMILES string of the molecule is CC(C)c1ccc(NC(=O)N[C@H]2CC[C@@]34CCCN3C(=O)CCC[C@H]4[C@H]2C)cc1. The number of rotatable bonds is 3. The summed E-state index contributed by atoms with van der Waals surface area (Å²) in [5.74, 6) is 1.70. The molecule has 1 spiro atoms. The van der Waals surface area contributed by atoms with Crippen molar-refractivity contribution >= 4 is 17.6 Å². The number of carbonyl (C=O) groups excluding carboxylic acids is 2. The molecule has 158 valence electrons. The van der Waals surface area contributed by atoms with Crippen LogP contribution in [0.4, 0.5) is 10.5 Å². The molecule has 2 heterocycles. The van der Waals surface area contributed by atoms with Gasteiger partial charge in [0.25, 0.3) is 0 Å². The van der Waals surface area contributed by atoms with Gasteiger partial charge >= 0.3 is 6.03 Å². The van der Waals surface area contributed by atoms with Crippen LogP contribution in [0.1, 0.15) is 77.2 Å². The van der Waals surface area contributed by atoms with E-state index in [0.717, 1.165) is 50.8 Å². The van der Waals surface area contributed by atoms with Crippen LogP contribution < -0.4 is 10.6 Å². The highest BCUT2D eigenvalue weighted by Crippen LogP contribution is 2.51. The Balaban J connectivity index is 1.41. The molecule has 0 aromatic heterocycles. The Morgan fingerprint density at radius 3 is 2.62 bits per heavy atom. The minimum absolute atomic E-state index is 0.0499. The molecule has 3 amide bonds. The first-order valence-corrected chi connectivity index (χ1v) is 11.4. The lowest BCUT2D eigenvalue weighted by Crippen LogP contribution is -2.60. The predicted molar refractivity (Wildman–Crippen MR) is 116 cm³/mol. The van der Waals surface area contributed by atoms with Gasteiger partial charge in [0.1, 0.15) is 0 Å². The molecule has 2 saturated heterocycles. The lowest BCUT2D eigenvalue weighted by Gasteiger charge is -2.52. The molecule has 1 aromatic rings. The zero-order valence-corrected chi connectivity index (χ0v) is 18.0. The van der Waals surface area contributed by atoms with E-state index in [2.05, 4.69) is 48.4 Å². The van der Waals surface area contributed by atoms with Gasteiger partial charge in [-0.1, -0.05) is 32.9 Å². The zero-order valence-electron chi connectivity index (χ0n) is 18.0. The molecule has 4 atom stereocenters. The van der Waals surface area contributed by atoms with Gasteiger partial charge < -0.3 is 15.5 Å². The molecule has 29 heavy (non-hydrogen) atoms. The third-order valence-corrected chi connectivity index (χ3v) is 7.74. The van der Waals surface area contributed by atoms with Crippen LogP contribution in [-0.4, -0.2) is 35.0 Å². The quantitative estimate of drug-likeness (QED) is 0.763. The van der Waals surface area contributed by atoms with Crippen LogP contribution in [0, 0.1) is 11.8 Å². The summed E-state index contributed by atoms with van der Waals surface area (Å²) in [5.41, 5.74) is 2.15. The smallest absolute Gasteiger partial charge is 0.319 e. The third-order valence-electron chi connectivity index (χ3n) is 7.74. The number of nitrogens with one attached hydrogen (secondary N) is 2. The normalized spacial score (nSPS) is 31.8. The van der Waals surface area contributed by atoms with E-state index in [9.17, 15) is 9.59 Å². The van der Waals surface area contributed by atoms with Crippen molar-refractivity contribution in [3.8, 4) is 0 Å². The van der Waals surface area contributed by atoms with Crippen LogP contribution in [0.3, 0.4) is 0 Å². The van der Waals surface area contributed by atoms with Crippen molar-refractivity contribution in [2.75, 3.05) is 11.9 Å². The molecule has 1 saturated carbocycles. The molecule has 3 fully saturated rings. The molecule has 1 aliphatic carbocycles. The summed E-state index contributed by atoms with van der Waals surface area (Å²) in [7, 11) is 0. The summed E-state index contributed by atoms with van der Waals surface area (Å²) in [6.07, 6.45) is 6.99. The molecule has 5 nitrogen and oxygen atoms in total. The summed E-state index contributed by atoms with van der Waals surface area (Å²) >= 11 is 0. The first-order valence-electron chi connectivity index (χ1n) is 11.4. The lowest BCUT2D eigenvalue weighted by molar-refractivity contribution is -0.138. The number of amides is 3. The highest BCUT2D eigenvalue weighted by Gasteiger charge is 2.55. The largest absolute Gasteiger partial charge is 0.337 e. The molecule has 1 aromatic carbocycles. The van der Waals surface area contributed by atoms with Crippen molar-refractivity contribution in [3.63, 3.8) is 0 Å². The van der Waals surface area contributed by atoms with Crippen LogP contribution in [0.25, 0.3) is 0 Å². The fourth-order valence-corrected chi connectivity index (χ4v) is 6.17. The minimum Gasteiger partial charge on any atom is -0.337 e. The number of nitrogens with zero attached hydrogens (tertiary/aromatic N) is 1. The van der Waals surface area contributed by atoms with Gasteiger partial charge in [-0.3, -0.25) is 4.79 Å². The van der Waals surface area contributed by atoms with Crippen LogP contribution in [0.5, 0.6) is 0 Å². The van der Waals surface area contributed by atoms with E-state index < -0.39 is 0 Å². The molecule has 0 radical (unpaired) electrons. The summed E-state index contributed by atoms with van der Waals surface area (Å²) in [6.45, 7) is 7.53. The standard InChI is InChI=1S/C24H35N3O2/c1-16(2)18-8-10-19(11-9-18)25-23(29)26-21-12-14-24-13-5-15-27(24)22(28)7-4-6-20(24)17(21)3/h8-11,16-17,20-21H,4-7,12-15H2,1-3H3,(H2,25,26,29)/t17-,20+,21+,24-/m1/s1. The first-order chi connectivity index (χ1) is 13.9. The molecule has 0 unspecified atom stereocenters. The fraction of sp³-hybridized carbons (Fsp3) is 0.667. The second kappa shape index (κ2) is 8.00. The Kier molecular flexibility index (Phi) is 5.58. The van der Waals surface area contributed by atoms with Gasteiger partial charge in [0.15, 0.2) is 0 Å². The number of urea groups is 1. The van der Waals surface area contributed by atoms with Gasteiger partial charge in [-0.2, -0.15) is 0 Å². The van der Waals surface area contributed by atoms with E-state index in [0.29, 0.717) is 30.1 Å². The number of hydrogen-bond donors (Lipinski definition) is 2. The van der Waals surface area contributed by atoms with Crippen LogP contribution >= 0.6 is 0 Å². The van der Waals surface area contributed by atoms with Gasteiger partial charge in [0, 0.05) is 30.2 Å². The maximum Gasteiger partial charge on any atom is 0.319 e. The van der Waals surface area contributed by atoms with E-state index >= 15 is 0 Å². The summed E-state index contributed by atoms with van der Waals surface area (Å²) in [4.78, 5) is 27.5. The molecule has 2 N–H and O–H groups in total. The van der Waals surface area contributed by atoms with Gasteiger partial charge in [0.05, 0.1) is 0 Å². The summed E-state index contributed by atoms with van der Waals surface area (Å²) in [6, 6.07) is 8.14. The van der Waals surface area contributed by atoms with Crippen molar-refractivity contribution < 1.29 is 9.59 Å². The Bertz CT molecular complexity index is 760. The van der Waals surface area contributed by atoms with Crippen molar-refractivity contribution in [2.45, 2.75) is 83.2 Å². The molecular formula is C24H35N3O2. The second-order valence-corrected chi connectivity index (χ2v) is 9.63. The Hall–Kier alpha value is -2.04. The lowest BCUT2D eigenvalue weighted by atomic mass is 9.63. The molecule has 0 bridgehead atoms. The Morgan fingerprint density at radius 1 is 1.14 bits per heavy atom. The van der Waals surface area contributed by atoms with Gasteiger partial charge in [-0.05, 0) is 74.0 Å². The predicted octanol–water partition coefficient (Wildman–Crippen LogP) is 4.89. The van der Waals surface area contributed by atoms with Crippen LogP contribution in [-0.2, 0) is 4.79 Å². The van der Waals surface area contributed by atoms with E-state index in [1.807, 2.05) is 12.1 Å². The average molecular weight is 398 g/mol. The first kappa shape index (κ1) is 20.2. The molecular weight excluding hydrogens is 362 g/mol. The second-order valence-electron chi connectivity index (χ2n) is 9.63. The molecule has 4 rings (SSSR count). The van der Waals surface area contributed by atoms with E-state index in [4.69, 9.17) is 0 Å². The highest BCUT2D eigenvalue weighted by atomic mass is 16.2. The zero-order chi connectivity index (χ0) is 20.6. The number of anilines is 1. The highest BCUT2D eigenvalue weighted by molar-refractivity contribution is 5.89. The molecule has 3 aliphatic rings. The number of hydrogen-bond acceptors (Lipinski definition) is 2. The van der Waals surface area contributed by atoms with Gasteiger partial charge in [-0.15, -0.1) is 0 Å². The third kappa shape index (κ3) is 3.76. The average Bonchev–Trinajstić information content (AvgIpc) is 3.06. The van der Waals surface area contributed by atoms with E-state index in [1.54, 1.807) is 0 Å². The minimum atomic E-state index is -0.122. The van der Waals surface area contributed by atoms with E-state index in [-0.39, 0.29) is 17.6 Å². The Labute approximate surface area is 174 Å². The fourth-order valence-electron chi connectivity index (χ4n) is 6.17. The maximum atomic E-state index is 12.7. The van der Waals surface area contributed by atoms with Crippen LogP contribution in [0.2, 0.25) is 0 Å². The van der Waals surface area contributed by atoms with E-state index in [1.165, 1.54) is 5.56 Å². The van der Waals surface area contributed by atoms with Gasteiger partial charge in [-0.25, -0.2) is 4.79 Å². The number of benzene rings is 1. The van der Waals surface area contributed by atoms with Crippen molar-refractivity contribution in [2.24, 2.45) is 11.8 Å². The monoisotopic (exact) mass is 397 g/mol. The molecule has 5 heteroatoms. The van der Waals surface area contributed by atoms with Gasteiger partial charge in [0.2, 0.25) is 5.91 Å². The Morgan fingerprint density at radius 2 is 1.90 bits per heavy atom. The maximum absolute atomic E-state index is 12.7. The number of carbonyl (C=O) groups is 2. The summed E-state index contributed by atoms with van der Waals surface area (Å²) in [5, 5.41) is 6.24. The van der Waals surface area contributed by atoms with Crippen molar-refractivity contribution in [3.05, 3.63) is 29.8 Å². The van der Waals surface area contributed by atoms with Crippen LogP contribution in [0.15, 0.2) is 24.3 Å². The van der Waals surface area contributed by atoms with Crippen molar-refractivity contribution in [1.29, 1.82) is 0 Å². The molecule has 2 aliphatic heterocycles.